The monoisotopic (exact) mass is 1010 g/mol. The van der Waals surface area contributed by atoms with Crippen LogP contribution in [0.2, 0.25) is 0 Å². The summed E-state index contributed by atoms with van der Waals surface area (Å²) in [6, 6.07) is 2.17. The number of ketones is 1. The number of rotatable bonds is 32. The van der Waals surface area contributed by atoms with Gasteiger partial charge >= 0.3 is 5.97 Å². The first-order valence-electron chi connectivity index (χ1n) is 23.9. The summed E-state index contributed by atoms with van der Waals surface area (Å²) in [5.41, 5.74) is 0.224. The van der Waals surface area contributed by atoms with E-state index in [1.807, 2.05) is 27.7 Å². The van der Waals surface area contributed by atoms with Gasteiger partial charge in [-0.3, -0.25) is 38.4 Å². The first-order valence-corrected chi connectivity index (χ1v) is 25.0. The van der Waals surface area contributed by atoms with Crippen molar-refractivity contribution in [3.8, 4) is 0 Å². The Morgan fingerprint density at radius 2 is 1.19 bits per heavy atom. The van der Waals surface area contributed by atoms with Crippen molar-refractivity contribution < 1.29 is 73.4 Å². The number of aliphatic carboxylic acids is 1. The van der Waals surface area contributed by atoms with E-state index in [4.69, 9.17) is 4.74 Å². The lowest BCUT2D eigenvalue weighted by molar-refractivity contribution is -0.205. The molecule has 0 aromatic heterocycles. The molecule has 23 heteroatoms. The maximum atomic E-state index is 13.2. The van der Waals surface area contributed by atoms with Crippen molar-refractivity contribution in [2.24, 2.45) is 11.8 Å². The normalized spacial score (nSPS) is 19.8. The molecule has 0 spiro atoms. The van der Waals surface area contributed by atoms with E-state index in [0.717, 1.165) is 31.2 Å². The number of unbranched alkanes of at least 4 members (excludes halogenated alkanes) is 4. The SMILES string of the molecule is CCCCCC(NC(=O)C(C)NC(=O)c1ccc(CCSC2OC(CO)C(O)C(O)C2O)cc1)C(=O)NCC(=O)NCC(=O)NCC(=O)C(C)C(=O)NC(CCCCC)C(=O)NC(CC(C)C)C(=O)O. The Bertz CT molecular complexity index is 1890. The molecule has 1 heterocycles. The van der Waals surface area contributed by atoms with Crippen molar-refractivity contribution in [1.82, 2.24) is 37.2 Å². The molecule has 1 aliphatic heterocycles. The number of carboxylic acid groups (broad SMARTS) is 1. The van der Waals surface area contributed by atoms with Gasteiger partial charge in [0, 0.05) is 5.56 Å². The molecule has 7 amide bonds. The predicted octanol–water partition coefficient (Wildman–Crippen LogP) is -0.820. The Balaban J connectivity index is 1.84. The van der Waals surface area contributed by atoms with Crippen molar-refractivity contribution >= 4 is 64.9 Å². The maximum Gasteiger partial charge on any atom is 0.326 e. The molecule has 0 aliphatic carbocycles. The average Bonchev–Trinajstić information content (AvgIpc) is 3.32. The lowest BCUT2D eigenvalue weighted by Crippen LogP contribution is -2.57. The van der Waals surface area contributed by atoms with Crippen LogP contribution in [0.4, 0.5) is 0 Å². The molecule has 22 nitrogen and oxygen atoms in total. The third kappa shape index (κ3) is 21.4. The van der Waals surface area contributed by atoms with Gasteiger partial charge in [0.05, 0.1) is 32.2 Å². The number of benzene rings is 1. The lowest BCUT2D eigenvalue weighted by atomic mass is 10.0. The van der Waals surface area contributed by atoms with E-state index in [1.54, 1.807) is 24.3 Å². The van der Waals surface area contributed by atoms with Gasteiger partial charge in [-0.05, 0) is 68.9 Å². The summed E-state index contributed by atoms with van der Waals surface area (Å²) in [6.45, 7) is 8.03. The number of ether oxygens (including phenoxy) is 1. The number of carboxylic acids is 1. The Labute approximate surface area is 413 Å². The second-order valence-corrected chi connectivity index (χ2v) is 19.0. The number of aryl methyl sites for hydroxylation is 1. The number of nitrogens with one attached hydrogen (secondary N) is 7. The van der Waals surface area contributed by atoms with Crippen LogP contribution in [-0.4, -0.2) is 165 Å². The zero-order valence-electron chi connectivity index (χ0n) is 41.0. The fourth-order valence-corrected chi connectivity index (χ4v) is 8.20. The van der Waals surface area contributed by atoms with Gasteiger partial charge in [-0.2, -0.15) is 0 Å². The highest BCUT2D eigenvalue weighted by atomic mass is 32.2. The summed E-state index contributed by atoms with van der Waals surface area (Å²) in [5, 5.41) is 66.6. The van der Waals surface area contributed by atoms with Crippen LogP contribution in [0.3, 0.4) is 0 Å². The van der Waals surface area contributed by atoms with Gasteiger partial charge in [0.25, 0.3) is 5.91 Å². The van der Waals surface area contributed by atoms with Crippen molar-refractivity contribution in [2.45, 2.75) is 160 Å². The summed E-state index contributed by atoms with van der Waals surface area (Å²) in [5.74, 6) is -7.67. The highest BCUT2D eigenvalue weighted by Gasteiger charge is 2.43. The summed E-state index contributed by atoms with van der Waals surface area (Å²) >= 11 is 1.20. The van der Waals surface area contributed by atoms with Gasteiger partial charge in [0.2, 0.25) is 35.4 Å². The van der Waals surface area contributed by atoms with Crippen LogP contribution < -0.4 is 37.2 Å². The molecule has 0 radical (unpaired) electrons. The van der Waals surface area contributed by atoms with Crippen LogP contribution in [0.1, 0.15) is 115 Å². The third-order valence-corrected chi connectivity index (χ3v) is 12.6. The fourth-order valence-electron chi connectivity index (χ4n) is 7.04. The second-order valence-electron chi connectivity index (χ2n) is 17.8. The van der Waals surface area contributed by atoms with Gasteiger partial charge in [-0.25, -0.2) is 4.79 Å². The third-order valence-electron chi connectivity index (χ3n) is 11.5. The molecule has 1 aromatic rings. The van der Waals surface area contributed by atoms with E-state index in [-0.39, 0.29) is 30.7 Å². The van der Waals surface area contributed by atoms with E-state index >= 15 is 0 Å². The van der Waals surface area contributed by atoms with Gasteiger partial charge in [-0.1, -0.05) is 78.4 Å². The number of aliphatic hydroxyl groups excluding tert-OH is 4. The number of Topliss-reactive ketones (excluding diaryl/α,β-unsaturated/α-hetero) is 1. The fraction of sp³-hybridized carbons (Fsp3) is 0.681. The number of amides is 7. The summed E-state index contributed by atoms with van der Waals surface area (Å²) in [6.07, 6.45) is 0.120. The van der Waals surface area contributed by atoms with Gasteiger partial charge in [0.15, 0.2) is 5.78 Å². The largest absolute Gasteiger partial charge is 0.480 e. The summed E-state index contributed by atoms with van der Waals surface area (Å²) in [4.78, 5) is 115. The Hall–Kier alpha value is -5.20. The first-order chi connectivity index (χ1) is 33.1. The van der Waals surface area contributed by atoms with Crippen LogP contribution in [-0.2, 0) is 49.5 Å². The van der Waals surface area contributed by atoms with E-state index in [9.17, 15) is 68.7 Å². The summed E-state index contributed by atoms with van der Waals surface area (Å²) in [7, 11) is 0. The van der Waals surface area contributed by atoms with Crippen molar-refractivity contribution in [3.63, 3.8) is 0 Å². The highest BCUT2D eigenvalue weighted by Crippen LogP contribution is 2.29. The topological polar surface area (TPSA) is 348 Å². The van der Waals surface area contributed by atoms with Crippen LogP contribution in [0.15, 0.2) is 24.3 Å². The molecular formula is C47H75N7O15S. The summed E-state index contributed by atoms with van der Waals surface area (Å²) < 4.78 is 5.51. The molecule has 0 bridgehead atoms. The Morgan fingerprint density at radius 1 is 0.643 bits per heavy atom. The molecule has 2 rings (SSSR count). The zero-order valence-corrected chi connectivity index (χ0v) is 41.8. The molecule has 1 aromatic carbocycles. The minimum Gasteiger partial charge on any atom is -0.480 e. The number of thioether (sulfide) groups is 1. The van der Waals surface area contributed by atoms with Crippen LogP contribution in [0.5, 0.6) is 0 Å². The van der Waals surface area contributed by atoms with Crippen LogP contribution in [0, 0.1) is 11.8 Å². The van der Waals surface area contributed by atoms with Crippen molar-refractivity contribution in [2.75, 3.05) is 32.0 Å². The van der Waals surface area contributed by atoms with Gasteiger partial charge in [-0.15, -0.1) is 11.8 Å². The molecule has 1 aliphatic rings. The van der Waals surface area contributed by atoms with Crippen molar-refractivity contribution in [1.29, 1.82) is 0 Å². The Morgan fingerprint density at radius 3 is 1.74 bits per heavy atom. The van der Waals surface area contributed by atoms with E-state index < -0.39 is 139 Å². The minimum atomic E-state index is -1.47. The second kappa shape index (κ2) is 31.9. The molecule has 1 saturated heterocycles. The quantitative estimate of drug-likeness (QED) is 0.0310. The first kappa shape index (κ1) is 60.9. The number of hydrogen-bond acceptors (Lipinski definition) is 15. The average molecular weight is 1010 g/mol. The zero-order chi connectivity index (χ0) is 52.5. The predicted molar refractivity (Wildman–Crippen MR) is 258 cm³/mol. The van der Waals surface area contributed by atoms with E-state index in [1.165, 1.54) is 25.6 Å². The number of carbonyl (C=O) groups excluding carboxylic acids is 8. The van der Waals surface area contributed by atoms with E-state index in [2.05, 4.69) is 37.2 Å². The van der Waals surface area contributed by atoms with E-state index in [0.29, 0.717) is 25.0 Å². The molecular weight excluding hydrogens is 935 g/mol. The maximum absolute atomic E-state index is 13.2. The molecule has 1 fully saturated rings. The van der Waals surface area contributed by atoms with Crippen molar-refractivity contribution in [3.05, 3.63) is 35.4 Å². The molecule has 0 saturated carbocycles. The number of hydrogen-bond donors (Lipinski definition) is 12. The van der Waals surface area contributed by atoms with Gasteiger partial charge < -0.3 is 67.5 Å². The molecule has 10 atom stereocenters. The van der Waals surface area contributed by atoms with Crippen LogP contribution in [0.25, 0.3) is 0 Å². The minimum absolute atomic E-state index is 0.0272. The van der Waals surface area contributed by atoms with Crippen LogP contribution >= 0.6 is 11.8 Å². The Kier molecular flexibility index (Phi) is 27.8. The van der Waals surface area contributed by atoms with Gasteiger partial charge in [0.1, 0.15) is 54.0 Å². The highest BCUT2D eigenvalue weighted by molar-refractivity contribution is 7.99. The molecule has 394 valence electrons. The molecule has 10 unspecified atom stereocenters. The number of carbonyl (C=O) groups is 9. The standard InChI is InChI=1S/C47H75N7O15S/c1-7-9-11-13-31(53-42(63)28(6)51-43(64)30-17-15-29(16-18-30)19-20-70-47-40(61)39(60)38(59)35(25-55)69-47)44(65)50-24-37(58)49-23-36(57)48-22-34(56)27(5)41(62)52-32(14-12-10-8-2)45(66)54-33(46(67)68)21-26(3)4/h15-18,26-28,31-33,35,38-40,47,55,59-61H,7-14,19-25H2,1-6H3,(H,48,57)(H,49,58)(H,50,65)(H,51,64)(H,52,62)(H,53,63)(H,54,66)(H,67,68). The molecule has 12 N–H and O–H groups in total. The number of aliphatic hydroxyl groups is 4. The lowest BCUT2D eigenvalue weighted by Gasteiger charge is -2.39. The molecule has 70 heavy (non-hydrogen) atoms. The smallest absolute Gasteiger partial charge is 0.326 e.